The summed E-state index contributed by atoms with van der Waals surface area (Å²) in [4.78, 5) is 0.0380. The number of benzene rings is 1. The highest BCUT2D eigenvalue weighted by atomic mass is 32.2. The predicted octanol–water partition coefficient (Wildman–Crippen LogP) is -0.0768. The van der Waals surface area contributed by atoms with Crippen LogP contribution >= 0.6 is 0 Å². The fourth-order valence-electron chi connectivity index (χ4n) is 2.37. The van der Waals surface area contributed by atoms with Gasteiger partial charge in [0.15, 0.2) is 21.3 Å². The van der Waals surface area contributed by atoms with Crippen LogP contribution in [0.4, 0.5) is 0 Å². The molecule has 0 unspecified atom stereocenters. The summed E-state index contributed by atoms with van der Waals surface area (Å²) in [6.45, 7) is 0.794. The Balaban J connectivity index is 1.82. The Hall–Kier alpha value is -1.32. The van der Waals surface area contributed by atoms with Crippen LogP contribution in [0.3, 0.4) is 0 Å². The molecule has 116 valence electrons. The third kappa shape index (κ3) is 3.14. The predicted molar refractivity (Wildman–Crippen MR) is 74.8 cm³/mol. The van der Waals surface area contributed by atoms with Gasteiger partial charge >= 0.3 is 0 Å². The van der Waals surface area contributed by atoms with Crippen LogP contribution in [0.2, 0.25) is 0 Å². The van der Waals surface area contributed by atoms with E-state index in [-0.39, 0.29) is 16.4 Å². The highest BCUT2D eigenvalue weighted by Crippen LogP contribution is 2.32. The van der Waals surface area contributed by atoms with Crippen molar-refractivity contribution in [2.45, 2.75) is 17.4 Å². The zero-order valence-corrected chi connectivity index (χ0v) is 12.7. The topological polar surface area (TPSA) is 98.8 Å². The van der Waals surface area contributed by atoms with E-state index in [1.165, 1.54) is 18.2 Å². The summed E-state index contributed by atoms with van der Waals surface area (Å²) in [7, 11) is -6.91. The summed E-state index contributed by atoms with van der Waals surface area (Å²) in [5.41, 5.74) is 0. The van der Waals surface area contributed by atoms with E-state index in [1.54, 1.807) is 0 Å². The van der Waals surface area contributed by atoms with Gasteiger partial charge in [0.25, 0.3) is 0 Å². The van der Waals surface area contributed by atoms with Gasteiger partial charge in [-0.05, 0) is 18.6 Å². The van der Waals surface area contributed by atoms with Gasteiger partial charge in [-0.2, -0.15) is 0 Å². The van der Waals surface area contributed by atoms with E-state index in [2.05, 4.69) is 4.72 Å². The second-order valence-corrected chi connectivity index (χ2v) is 8.97. The lowest BCUT2D eigenvalue weighted by atomic mass is 10.3. The molecule has 0 bridgehead atoms. The third-order valence-corrected chi connectivity index (χ3v) is 6.66. The number of hydrogen-bond donors (Lipinski definition) is 1. The number of rotatable bonds is 3. The smallest absolute Gasteiger partial charge is 0.240 e. The van der Waals surface area contributed by atoms with E-state index < -0.39 is 25.9 Å². The summed E-state index contributed by atoms with van der Waals surface area (Å²) in [6.07, 6.45) is 0.298. The van der Waals surface area contributed by atoms with Crippen molar-refractivity contribution in [3.05, 3.63) is 18.2 Å². The second kappa shape index (κ2) is 5.15. The average Bonchev–Trinajstić information content (AvgIpc) is 2.76. The van der Waals surface area contributed by atoms with Crippen molar-refractivity contribution >= 4 is 19.9 Å². The van der Waals surface area contributed by atoms with E-state index in [1.807, 2.05) is 0 Å². The number of hydrogen-bond acceptors (Lipinski definition) is 6. The monoisotopic (exact) mass is 333 g/mol. The van der Waals surface area contributed by atoms with E-state index in [9.17, 15) is 16.8 Å². The summed E-state index contributed by atoms with van der Waals surface area (Å²) < 4.78 is 60.4. The zero-order chi connectivity index (χ0) is 15.1. The first-order chi connectivity index (χ1) is 9.86. The molecule has 0 radical (unpaired) electrons. The molecule has 1 N–H and O–H groups in total. The minimum atomic E-state index is -3.78. The maximum Gasteiger partial charge on any atom is 0.240 e. The van der Waals surface area contributed by atoms with Crippen molar-refractivity contribution < 1.29 is 26.3 Å². The number of sulfonamides is 1. The molecule has 0 saturated carbocycles. The van der Waals surface area contributed by atoms with Crippen LogP contribution in [0.25, 0.3) is 0 Å². The molecule has 1 atom stereocenters. The molecule has 0 amide bonds. The van der Waals surface area contributed by atoms with Crippen LogP contribution in [0.1, 0.15) is 6.42 Å². The van der Waals surface area contributed by atoms with Gasteiger partial charge in [0.1, 0.15) is 13.2 Å². The summed E-state index contributed by atoms with van der Waals surface area (Å²) in [5, 5.41) is 0. The molecular formula is C12H15NO6S2. The fourth-order valence-corrected chi connectivity index (χ4v) is 5.43. The van der Waals surface area contributed by atoms with Gasteiger partial charge in [0.05, 0.1) is 16.4 Å². The number of nitrogens with one attached hydrogen (secondary N) is 1. The molecule has 0 aliphatic carbocycles. The lowest BCUT2D eigenvalue weighted by Gasteiger charge is -2.19. The van der Waals surface area contributed by atoms with Gasteiger partial charge in [0, 0.05) is 12.1 Å². The maximum absolute atomic E-state index is 12.3. The van der Waals surface area contributed by atoms with Crippen LogP contribution in [0.15, 0.2) is 23.1 Å². The molecule has 21 heavy (non-hydrogen) atoms. The fraction of sp³-hybridized carbons (Fsp3) is 0.500. The Bertz CT molecular complexity index is 756. The molecular weight excluding hydrogens is 318 g/mol. The molecule has 2 aliphatic heterocycles. The van der Waals surface area contributed by atoms with E-state index >= 15 is 0 Å². The first-order valence-corrected chi connectivity index (χ1v) is 9.79. The number of ether oxygens (including phenoxy) is 2. The van der Waals surface area contributed by atoms with Crippen molar-refractivity contribution in [1.82, 2.24) is 4.72 Å². The highest BCUT2D eigenvalue weighted by Gasteiger charge is 2.31. The SMILES string of the molecule is O=S1(=O)CC[C@@H](NS(=O)(=O)c2ccc3c(c2)OCCO3)C1. The Morgan fingerprint density at radius 1 is 1.14 bits per heavy atom. The molecule has 1 fully saturated rings. The second-order valence-electron chi connectivity index (χ2n) is 5.03. The van der Waals surface area contributed by atoms with Gasteiger partial charge in [-0.25, -0.2) is 21.6 Å². The van der Waals surface area contributed by atoms with Crippen molar-refractivity contribution in [1.29, 1.82) is 0 Å². The highest BCUT2D eigenvalue weighted by molar-refractivity contribution is 7.92. The van der Waals surface area contributed by atoms with Crippen molar-refractivity contribution in [3.63, 3.8) is 0 Å². The third-order valence-electron chi connectivity index (χ3n) is 3.38. The molecule has 7 nitrogen and oxygen atoms in total. The first kappa shape index (κ1) is 14.6. The normalized spacial score (nSPS) is 23.9. The lowest BCUT2D eigenvalue weighted by molar-refractivity contribution is 0.171. The van der Waals surface area contributed by atoms with E-state index in [4.69, 9.17) is 9.47 Å². The molecule has 1 aromatic carbocycles. The summed E-state index contributed by atoms with van der Waals surface area (Å²) in [6, 6.07) is 3.77. The Kier molecular flexibility index (Phi) is 3.58. The van der Waals surface area contributed by atoms with Crippen molar-refractivity contribution in [2.24, 2.45) is 0 Å². The lowest BCUT2D eigenvalue weighted by Crippen LogP contribution is -2.35. The zero-order valence-electron chi connectivity index (χ0n) is 11.1. The Morgan fingerprint density at radius 2 is 1.86 bits per heavy atom. The molecule has 1 saturated heterocycles. The van der Waals surface area contributed by atoms with Gasteiger partial charge in [-0.3, -0.25) is 0 Å². The van der Waals surface area contributed by atoms with Crippen molar-refractivity contribution in [3.8, 4) is 11.5 Å². The number of fused-ring (bicyclic) bond motifs is 1. The minimum absolute atomic E-state index is 0.0152. The molecule has 9 heteroatoms. The Morgan fingerprint density at radius 3 is 2.52 bits per heavy atom. The van der Waals surface area contributed by atoms with Crippen molar-refractivity contribution in [2.75, 3.05) is 24.7 Å². The van der Waals surface area contributed by atoms with Gasteiger partial charge in [0.2, 0.25) is 10.0 Å². The van der Waals surface area contributed by atoms with Gasteiger partial charge in [-0.1, -0.05) is 0 Å². The van der Waals surface area contributed by atoms with Gasteiger partial charge in [-0.15, -0.1) is 0 Å². The van der Waals surface area contributed by atoms with E-state index in [0.29, 0.717) is 31.1 Å². The standard InChI is InChI=1S/C12H15NO6S2/c14-20(15)6-3-9(8-20)13-21(16,17)10-1-2-11-12(7-10)19-5-4-18-11/h1-2,7,9,13H,3-6,8H2/t9-/m1/s1. The average molecular weight is 333 g/mol. The van der Waals surface area contributed by atoms with Crippen LogP contribution in [-0.2, 0) is 19.9 Å². The molecule has 2 heterocycles. The van der Waals surface area contributed by atoms with Crippen LogP contribution in [0.5, 0.6) is 11.5 Å². The summed E-state index contributed by atoms with van der Waals surface area (Å²) in [5.74, 6) is 0.741. The van der Waals surface area contributed by atoms with Crippen LogP contribution < -0.4 is 14.2 Å². The quantitative estimate of drug-likeness (QED) is 0.831. The Labute approximate surface area is 123 Å². The largest absolute Gasteiger partial charge is 0.486 e. The maximum atomic E-state index is 12.3. The van der Waals surface area contributed by atoms with Crippen LogP contribution in [0, 0.1) is 0 Å². The molecule has 3 rings (SSSR count). The molecule has 1 aromatic rings. The summed E-state index contributed by atoms with van der Waals surface area (Å²) >= 11 is 0. The molecule has 2 aliphatic rings. The number of sulfone groups is 1. The first-order valence-electron chi connectivity index (χ1n) is 6.48. The minimum Gasteiger partial charge on any atom is -0.486 e. The van der Waals surface area contributed by atoms with E-state index in [0.717, 1.165) is 0 Å². The molecule has 0 aromatic heterocycles. The van der Waals surface area contributed by atoms with Gasteiger partial charge < -0.3 is 9.47 Å². The molecule has 0 spiro atoms. The van der Waals surface area contributed by atoms with Crippen LogP contribution in [-0.4, -0.2) is 47.6 Å².